The van der Waals surface area contributed by atoms with Gasteiger partial charge in [0, 0.05) is 18.8 Å². The molecule has 0 saturated carbocycles. The van der Waals surface area contributed by atoms with Gasteiger partial charge in [-0.1, -0.05) is 45.9 Å². The van der Waals surface area contributed by atoms with E-state index in [0.29, 0.717) is 36.4 Å². The molecule has 0 aliphatic carbocycles. The van der Waals surface area contributed by atoms with Gasteiger partial charge >= 0.3 is 11.8 Å². The summed E-state index contributed by atoms with van der Waals surface area (Å²) in [4.78, 5) is 26.5. The SMILES string of the molecule is CC(C)CN(CC(C)C)C(=O)C(=O)Nc1ccc(Oc2ccccc2)cc1. The quantitative estimate of drug-likeness (QED) is 0.729. The highest BCUT2D eigenvalue weighted by molar-refractivity contribution is 6.39. The summed E-state index contributed by atoms with van der Waals surface area (Å²) in [5.74, 6) is 0.883. The largest absolute Gasteiger partial charge is 0.457 e. The maximum Gasteiger partial charge on any atom is 0.313 e. The zero-order valence-electron chi connectivity index (χ0n) is 16.4. The molecule has 0 atom stereocenters. The third kappa shape index (κ3) is 6.77. The minimum atomic E-state index is -0.618. The molecule has 0 heterocycles. The zero-order valence-corrected chi connectivity index (χ0v) is 16.4. The molecular formula is C22H28N2O3. The van der Waals surface area contributed by atoms with Crippen LogP contribution in [-0.4, -0.2) is 29.8 Å². The van der Waals surface area contributed by atoms with Crippen LogP contribution in [-0.2, 0) is 9.59 Å². The third-order valence-corrected chi connectivity index (χ3v) is 3.74. The van der Waals surface area contributed by atoms with Crippen molar-refractivity contribution in [1.29, 1.82) is 0 Å². The minimum absolute atomic E-state index is 0.301. The van der Waals surface area contributed by atoms with Crippen LogP contribution >= 0.6 is 0 Å². The van der Waals surface area contributed by atoms with E-state index in [4.69, 9.17) is 4.74 Å². The molecule has 2 aromatic rings. The molecule has 0 radical (unpaired) electrons. The van der Waals surface area contributed by atoms with Crippen LogP contribution in [0.5, 0.6) is 11.5 Å². The van der Waals surface area contributed by atoms with Gasteiger partial charge in [0.05, 0.1) is 0 Å². The Bertz CT molecular complexity index is 730. The van der Waals surface area contributed by atoms with Crippen molar-refractivity contribution in [3.8, 4) is 11.5 Å². The van der Waals surface area contributed by atoms with Gasteiger partial charge in [-0.15, -0.1) is 0 Å². The number of nitrogens with zero attached hydrogens (tertiary/aromatic N) is 1. The number of para-hydroxylation sites is 1. The average Bonchev–Trinajstić information content (AvgIpc) is 2.62. The molecular weight excluding hydrogens is 340 g/mol. The Kier molecular flexibility index (Phi) is 7.41. The molecule has 0 spiro atoms. The van der Waals surface area contributed by atoms with Crippen molar-refractivity contribution in [2.45, 2.75) is 27.7 Å². The number of ether oxygens (including phenoxy) is 1. The van der Waals surface area contributed by atoms with E-state index in [-0.39, 0.29) is 0 Å². The van der Waals surface area contributed by atoms with Crippen molar-refractivity contribution in [2.75, 3.05) is 18.4 Å². The Hall–Kier alpha value is -2.82. The van der Waals surface area contributed by atoms with Gasteiger partial charge in [0.1, 0.15) is 11.5 Å². The van der Waals surface area contributed by atoms with E-state index in [1.54, 1.807) is 29.2 Å². The number of hydrogen-bond donors (Lipinski definition) is 1. The van der Waals surface area contributed by atoms with Gasteiger partial charge in [-0.3, -0.25) is 9.59 Å². The fourth-order valence-corrected chi connectivity index (χ4v) is 2.68. The second-order valence-electron chi connectivity index (χ2n) is 7.39. The first-order chi connectivity index (χ1) is 12.8. The highest BCUT2D eigenvalue weighted by atomic mass is 16.5. The molecule has 0 unspecified atom stereocenters. The van der Waals surface area contributed by atoms with E-state index in [1.165, 1.54) is 0 Å². The Balaban J connectivity index is 1.98. The van der Waals surface area contributed by atoms with Crippen LogP contribution in [0.25, 0.3) is 0 Å². The lowest BCUT2D eigenvalue weighted by molar-refractivity contribution is -0.143. The van der Waals surface area contributed by atoms with E-state index in [2.05, 4.69) is 5.32 Å². The second kappa shape index (κ2) is 9.76. The number of hydrogen-bond acceptors (Lipinski definition) is 3. The van der Waals surface area contributed by atoms with Gasteiger partial charge in [0.15, 0.2) is 0 Å². The van der Waals surface area contributed by atoms with Crippen molar-refractivity contribution in [1.82, 2.24) is 4.90 Å². The van der Waals surface area contributed by atoms with Gasteiger partial charge in [-0.25, -0.2) is 0 Å². The van der Waals surface area contributed by atoms with Crippen molar-refractivity contribution in [3.63, 3.8) is 0 Å². The molecule has 2 aromatic carbocycles. The summed E-state index contributed by atoms with van der Waals surface area (Å²) in [7, 11) is 0. The number of amides is 2. The smallest absolute Gasteiger partial charge is 0.313 e. The zero-order chi connectivity index (χ0) is 19.8. The summed E-state index contributed by atoms with van der Waals surface area (Å²) < 4.78 is 5.72. The van der Waals surface area contributed by atoms with Crippen LogP contribution in [0, 0.1) is 11.8 Å². The molecule has 0 bridgehead atoms. The standard InChI is InChI=1S/C22H28N2O3/c1-16(2)14-24(15-17(3)4)22(26)21(25)23-18-10-12-20(13-11-18)27-19-8-6-5-7-9-19/h5-13,16-17H,14-15H2,1-4H3,(H,23,25). The molecule has 5 nitrogen and oxygen atoms in total. The predicted octanol–water partition coefficient (Wildman–Crippen LogP) is 4.56. The van der Waals surface area contributed by atoms with Gasteiger partial charge in [0.2, 0.25) is 0 Å². The normalized spacial score (nSPS) is 10.7. The lowest BCUT2D eigenvalue weighted by atomic mass is 10.1. The number of carbonyl (C=O) groups is 2. The fraction of sp³-hybridized carbons (Fsp3) is 0.364. The van der Waals surface area contributed by atoms with Crippen molar-refractivity contribution in [3.05, 3.63) is 54.6 Å². The average molecular weight is 368 g/mol. The summed E-state index contributed by atoms with van der Waals surface area (Å²) in [5, 5.41) is 2.67. The van der Waals surface area contributed by atoms with Gasteiger partial charge < -0.3 is 15.0 Å². The first kappa shape index (κ1) is 20.5. The fourth-order valence-electron chi connectivity index (χ4n) is 2.68. The molecule has 2 rings (SSSR count). The lowest BCUT2D eigenvalue weighted by Gasteiger charge is -2.25. The van der Waals surface area contributed by atoms with E-state index < -0.39 is 11.8 Å². The third-order valence-electron chi connectivity index (χ3n) is 3.74. The second-order valence-corrected chi connectivity index (χ2v) is 7.39. The van der Waals surface area contributed by atoms with Crippen molar-refractivity contribution in [2.24, 2.45) is 11.8 Å². The molecule has 0 saturated heterocycles. The van der Waals surface area contributed by atoms with Crippen LogP contribution < -0.4 is 10.1 Å². The highest BCUT2D eigenvalue weighted by Gasteiger charge is 2.23. The van der Waals surface area contributed by atoms with E-state index in [9.17, 15) is 9.59 Å². The molecule has 0 aliphatic rings. The Morgan fingerprint density at radius 1 is 0.852 bits per heavy atom. The molecule has 0 fully saturated rings. The predicted molar refractivity (Wildman–Crippen MR) is 108 cm³/mol. The van der Waals surface area contributed by atoms with E-state index in [1.807, 2.05) is 58.0 Å². The summed E-state index contributed by atoms with van der Waals surface area (Å²) in [6, 6.07) is 16.4. The minimum Gasteiger partial charge on any atom is -0.457 e. The van der Waals surface area contributed by atoms with Crippen LogP contribution in [0.1, 0.15) is 27.7 Å². The molecule has 27 heavy (non-hydrogen) atoms. The Morgan fingerprint density at radius 3 is 1.89 bits per heavy atom. The highest BCUT2D eigenvalue weighted by Crippen LogP contribution is 2.22. The topological polar surface area (TPSA) is 58.6 Å². The number of nitrogens with one attached hydrogen (secondary N) is 1. The molecule has 144 valence electrons. The first-order valence-electron chi connectivity index (χ1n) is 9.28. The van der Waals surface area contributed by atoms with Crippen LogP contribution in [0.2, 0.25) is 0 Å². The molecule has 1 N–H and O–H groups in total. The molecule has 2 amide bonds. The lowest BCUT2D eigenvalue weighted by Crippen LogP contribution is -2.43. The maximum absolute atomic E-state index is 12.5. The Labute approximate surface area is 161 Å². The summed E-state index contributed by atoms with van der Waals surface area (Å²) >= 11 is 0. The number of rotatable bonds is 7. The first-order valence-corrected chi connectivity index (χ1v) is 9.28. The van der Waals surface area contributed by atoms with Crippen LogP contribution in [0.4, 0.5) is 5.69 Å². The Morgan fingerprint density at radius 2 is 1.37 bits per heavy atom. The van der Waals surface area contributed by atoms with Gasteiger partial charge in [-0.05, 0) is 48.2 Å². The summed E-state index contributed by atoms with van der Waals surface area (Å²) in [5.41, 5.74) is 0.558. The molecule has 0 aromatic heterocycles. The number of anilines is 1. The summed E-state index contributed by atoms with van der Waals surface area (Å²) in [6.45, 7) is 9.25. The maximum atomic E-state index is 12.5. The van der Waals surface area contributed by atoms with Crippen LogP contribution in [0.3, 0.4) is 0 Å². The van der Waals surface area contributed by atoms with Gasteiger partial charge in [0.25, 0.3) is 0 Å². The van der Waals surface area contributed by atoms with Crippen LogP contribution in [0.15, 0.2) is 54.6 Å². The monoisotopic (exact) mass is 368 g/mol. The van der Waals surface area contributed by atoms with Crippen molar-refractivity contribution < 1.29 is 14.3 Å². The van der Waals surface area contributed by atoms with Crippen molar-refractivity contribution >= 4 is 17.5 Å². The number of carbonyl (C=O) groups excluding carboxylic acids is 2. The number of benzene rings is 2. The molecule has 0 aliphatic heterocycles. The van der Waals surface area contributed by atoms with E-state index >= 15 is 0 Å². The summed E-state index contributed by atoms with van der Waals surface area (Å²) in [6.07, 6.45) is 0. The molecule has 5 heteroatoms. The van der Waals surface area contributed by atoms with Gasteiger partial charge in [-0.2, -0.15) is 0 Å². The van der Waals surface area contributed by atoms with E-state index in [0.717, 1.165) is 5.75 Å².